The summed E-state index contributed by atoms with van der Waals surface area (Å²) in [6.07, 6.45) is 0.0224. The van der Waals surface area contributed by atoms with Crippen LogP contribution in [-0.2, 0) is 4.79 Å². The summed E-state index contributed by atoms with van der Waals surface area (Å²) in [5.74, 6) is 2.17. The smallest absolute Gasteiger partial charge is 0.268 e. The molecule has 3 rings (SSSR count). The number of anilines is 1. The van der Waals surface area contributed by atoms with Gasteiger partial charge in [-0.2, -0.15) is 0 Å². The van der Waals surface area contributed by atoms with Gasteiger partial charge < -0.3 is 29.0 Å². The van der Waals surface area contributed by atoms with E-state index < -0.39 is 11.7 Å². The third-order valence-electron chi connectivity index (χ3n) is 4.52. The predicted molar refractivity (Wildman–Crippen MR) is 109 cm³/mol. The Labute approximate surface area is 170 Å². The maximum absolute atomic E-state index is 12.9. The second-order valence-corrected chi connectivity index (χ2v) is 7.50. The normalized spacial score (nSPS) is 16.7. The molecule has 1 fully saturated rings. The monoisotopic (exact) mass is 401 g/mol. The minimum atomic E-state index is -0.959. The van der Waals surface area contributed by atoms with Crippen LogP contribution in [0.2, 0.25) is 0 Å². The zero-order valence-electron chi connectivity index (χ0n) is 17.2. The number of carbonyl (C=O) groups excluding carboxylic acids is 1. The van der Waals surface area contributed by atoms with Crippen LogP contribution < -0.4 is 23.8 Å². The van der Waals surface area contributed by atoms with Gasteiger partial charge >= 0.3 is 0 Å². The molecule has 1 N–H and O–H groups in total. The Morgan fingerprint density at radius 3 is 2.52 bits per heavy atom. The summed E-state index contributed by atoms with van der Waals surface area (Å²) < 4.78 is 22.1. The summed E-state index contributed by atoms with van der Waals surface area (Å²) in [4.78, 5) is 14.5. The molecule has 1 saturated heterocycles. The Morgan fingerprint density at radius 1 is 1.07 bits per heavy atom. The molecular formula is C22H27NO6. The molecule has 156 valence electrons. The molecule has 1 amide bonds. The van der Waals surface area contributed by atoms with E-state index in [1.54, 1.807) is 56.2 Å². The van der Waals surface area contributed by atoms with E-state index in [-0.39, 0.29) is 12.5 Å². The van der Waals surface area contributed by atoms with Crippen LogP contribution in [-0.4, -0.2) is 50.1 Å². The van der Waals surface area contributed by atoms with Crippen molar-refractivity contribution in [3.63, 3.8) is 0 Å². The van der Waals surface area contributed by atoms with Crippen molar-refractivity contribution in [2.45, 2.75) is 32.0 Å². The van der Waals surface area contributed by atoms with Gasteiger partial charge in [0.2, 0.25) is 0 Å². The largest absolute Gasteiger partial charge is 0.497 e. The lowest BCUT2D eigenvalue weighted by Crippen LogP contribution is -2.32. The average Bonchev–Trinajstić information content (AvgIpc) is 3.06. The van der Waals surface area contributed by atoms with E-state index in [2.05, 4.69) is 0 Å². The van der Waals surface area contributed by atoms with Crippen LogP contribution in [0.1, 0.15) is 20.3 Å². The van der Waals surface area contributed by atoms with Crippen molar-refractivity contribution in [3.05, 3.63) is 42.5 Å². The highest BCUT2D eigenvalue weighted by Gasteiger charge is 2.34. The lowest BCUT2D eigenvalue weighted by Gasteiger charge is -2.21. The number of rotatable bonds is 8. The maximum atomic E-state index is 12.9. The van der Waals surface area contributed by atoms with Gasteiger partial charge in [0.25, 0.3) is 5.91 Å². The van der Waals surface area contributed by atoms with E-state index in [1.165, 1.54) is 7.11 Å². The number of carbonyl (C=O) groups is 1. The zero-order valence-corrected chi connectivity index (χ0v) is 17.2. The number of hydrogen-bond donors (Lipinski definition) is 1. The first-order chi connectivity index (χ1) is 13.8. The molecule has 1 atom stereocenters. The first-order valence-corrected chi connectivity index (χ1v) is 9.46. The molecule has 2 aromatic rings. The van der Waals surface area contributed by atoms with Crippen LogP contribution in [0.3, 0.4) is 0 Å². The molecule has 2 aromatic carbocycles. The van der Waals surface area contributed by atoms with Gasteiger partial charge in [-0.1, -0.05) is 6.07 Å². The minimum Gasteiger partial charge on any atom is -0.497 e. The quantitative estimate of drug-likeness (QED) is 0.733. The van der Waals surface area contributed by atoms with Crippen molar-refractivity contribution in [2.75, 3.05) is 32.3 Å². The Kier molecular flexibility index (Phi) is 6.17. The molecule has 7 heteroatoms. The number of amides is 1. The third-order valence-corrected chi connectivity index (χ3v) is 4.52. The lowest BCUT2D eigenvalue weighted by atomic mass is 10.2. The Balaban J connectivity index is 1.71. The van der Waals surface area contributed by atoms with Crippen molar-refractivity contribution in [3.8, 4) is 23.0 Å². The van der Waals surface area contributed by atoms with Crippen molar-refractivity contribution in [1.82, 2.24) is 0 Å². The predicted octanol–water partition coefficient (Wildman–Crippen LogP) is 3.04. The highest BCUT2D eigenvalue weighted by atomic mass is 16.5. The summed E-state index contributed by atoms with van der Waals surface area (Å²) in [5.41, 5.74) is -0.251. The third kappa shape index (κ3) is 5.12. The number of ether oxygens (including phenoxy) is 4. The van der Waals surface area contributed by atoms with E-state index >= 15 is 0 Å². The second-order valence-electron chi connectivity index (χ2n) is 7.50. The zero-order chi connectivity index (χ0) is 21.0. The van der Waals surface area contributed by atoms with Gasteiger partial charge in [0, 0.05) is 30.8 Å². The summed E-state index contributed by atoms with van der Waals surface area (Å²) in [5, 5.41) is 9.85. The molecule has 29 heavy (non-hydrogen) atoms. The van der Waals surface area contributed by atoms with Gasteiger partial charge in [-0.05, 0) is 38.1 Å². The van der Waals surface area contributed by atoms with Gasteiger partial charge in [-0.25, -0.2) is 0 Å². The lowest BCUT2D eigenvalue weighted by molar-refractivity contribution is -0.122. The second kappa shape index (κ2) is 8.61. The summed E-state index contributed by atoms with van der Waals surface area (Å²) in [6, 6.07) is 12.5. The van der Waals surface area contributed by atoms with Gasteiger partial charge in [0.1, 0.15) is 18.1 Å². The fourth-order valence-electron chi connectivity index (χ4n) is 3.06. The maximum Gasteiger partial charge on any atom is 0.268 e. The van der Waals surface area contributed by atoms with Crippen LogP contribution in [0.15, 0.2) is 42.5 Å². The number of nitrogens with zero attached hydrogens (tertiary/aromatic N) is 1. The number of aliphatic hydroxyl groups is 1. The van der Waals surface area contributed by atoms with Gasteiger partial charge in [0.15, 0.2) is 17.6 Å². The summed E-state index contributed by atoms with van der Waals surface area (Å²) in [7, 11) is 3.13. The fourth-order valence-corrected chi connectivity index (χ4v) is 3.06. The molecular weight excluding hydrogens is 374 g/mol. The standard InChI is InChI=1S/C22H27NO6/c1-22(2,25)14-28-18-9-8-15(12-20(18)27-4)23-11-10-19(21(23)24)29-17-7-5-6-16(13-17)26-3/h5-9,12-13,19,25H,10-11,14H2,1-4H3. The van der Waals surface area contributed by atoms with E-state index in [9.17, 15) is 9.90 Å². The molecule has 0 radical (unpaired) electrons. The molecule has 0 saturated carbocycles. The number of benzene rings is 2. The minimum absolute atomic E-state index is 0.111. The van der Waals surface area contributed by atoms with Crippen LogP contribution in [0.25, 0.3) is 0 Å². The van der Waals surface area contributed by atoms with Crippen molar-refractivity contribution in [2.24, 2.45) is 0 Å². The highest BCUT2D eigenvalue weighted by molar-refractivity contribution is 5.99. The molecule has 1 heterocycles. The number of hydrogen-bond acceptors (Lipinski definition) is 6. The summed E-state index contributed by atoms with van der Waals surface area (Å²) >= 11 is 0. The van der Waals surface area contributed by atoms with Gasteiger partial charge in [-0.15, -0.1) is 0 Å². The molecule has 0 bridgehead atoms. The van der Waals surface area contributed by atoms with Gasteiger partial charge in [0.05, 0.1) is 19.8 Å². The van der Waals surface area contributed by atoms with E-state index in [1.807, 2.05) is 12.1 Å². The molecule has 1 unspecified atom stereocenters. The van der Waals surface area contributed by atoms with Crippen LogP contribution in [0.4, 0.5) is 5.69 Å². The fraction of sp³-hybridized carbons (Fsp3) is 0.409. The van der Waals surface area contributed by atoms with Crippen molar-refractivity contribution in [1.29, 1.82) is 0 Å². The molecule has 1 aliphatic heterocycles. The van der Waals surface area contributed by atoms with Crippen LogP contribution >= 0.6 is 0 Å². The Morgan fingerprint density at radius 2 is 1.83 bits per heavy atom. The van der Waals surface area contributed by atoms with Crippen LogP contribution in [0.5, 0.6) is 23.0 Å². The topological polar surface area (TPSA) is 77.5 Å². The van der Waals surface area contributed by atoms with Crippen LogP contribution in [0, 0.1) is 0 Å². The molecule has 7 nitrogen and oxygen atoms in total. The van der Waals surface area contributed by atoms with E-state index in [0.717, 1.165) is 0 Å². The van der Waals surface area contributed by atoms with E-state index in [4.69, 9.17) is 18.9 Å². The number of methoxy groups -OCH3 is 2. The molecule has 0 aromatic heterocycles. The molecule has 0 spiro atoms. The highest BCUT2D eigenvalue weighted by Crippen LogP contribution is 2.34. The van der Waals surface area contributed by atoms with Gasteiger partial charge in [-0.3, -0.25) is 4.79 Å². The first kappa shape index (κ1) is 20.8. The molecule has 0 aliphatic carbocycles. The van der Waals surface area contributed by atoms with Crippen molar-refractivity contribution >= 4 is 11.6 Å². The SMILES string of the molecule is COc1cccc(OC2CCN(c3ccc(OCC(C)(C)O)c(OC)c3)C2=O)c1. The average molecular weight is 401 g/mol. The summed E-state index contributed by atoms with van der Waals surface area (Å²) in [6.45, 7) is 4.00. The van der Waals surface area contributed by atoms with Crippen molar-refractivity contribution < 1.29 is 28.8 Å². The first-order valence-electron chi connectivity index (χ1n) is 9.46. The van der Waals surface area contributed by atoms with E-state index in [0.29, 0.717) is 41.7 Å². The Bertz CT molecular complexity index is 861. The molecule has 1 aliphatic rings. The Hall–Kier alpha value is -2.93.